The third-order valence-electron chi connectivity index (χ3n) is 1.65. The van der Waals surface area contributed by atoms with Gasteiger partial charge in [-0.1, -0.05) is 20.4 Å². The Hall–Kier alpha value is -1.05. The molecule has 0 amide bonds. The van der Waals surface area contributed by atoms with E-state index in [9.17, 15) is 4.39 Å². The number of dihydropyridines is 1. The average molecular weight is 153 g/mol. The van der Waals surface area contributed by atoms with Crippen LogP contribution in [-0.4, -0.2) is 0 Å². The highest BCUT2D eigenvalue weighted by atomic mass is 19.1. The van der Waals surface area contributed by atoms with Crippen molar-refractivity contribution in [3.8, 4) is 0 Å². The number of hydrogen-bond donors (Lipinski definition) is 1. The highest BCUT2D eigenvalue weighted by Crippen LogP contribution is 2.21. The molecule has 1 aliphatic rings. The fourth-order valence-electron chi connectivity index (χ4n) is 1.03. The van der Waals surface area contributed by atoms with E-state index in [1.807, 2.05) is 13.8 Å². The summed E-state index contributed by atoms with van der Waals surface area (Å²) in [5, 5.41) is 2.76. The monoisotopic (exact) mass is 153 g/mol. The molecule has 0 radical (unpaired) electrons. The summed E-state index contributed by atoms with van der Waals surface area (Å²) in [4.78, 5) is 0. The predicted molar refractivity (Wildman–Crippen MR) is 44.4 cm³/mol. The number of rotatable bonds is 1. The van der Waals surface area contributed by atoms with Gasteiger partial charge in [0.15, 0.2) is 0 Å². The molecule has 1 rings (SSSR count). The van der Waals surface area contributed by atoms with Crippen molar-refractivity contribution in [2.75, 3.05) is 0 Å². The van der Waals surface area contributed by atoms with Crippen molar-refractivity contribution in [2.45, 2.75) is 13.8 Å². The van der Waals surface area contributed by atoms with Crippen LogP contribution in [0.4, 0.5) is 4.39 Å². The molecule has 0 atom stereocenters. The van der Waals surface area contributed by atoms with Gasteiger partial charge < -0.3 is 5.32 Å². The molecule has 0 spiro atoms. The molecule has 1 heterocycles. The molecule has 2 heteroatoms. The lowest BCUT2D eigenvalue weighted by Crippen LogP contribution is -2.14. The maximum absolute atomic E-state index is 12.6. The second-order valence-electron chi connectivity index (χ2n) is 2.91. The topological polar surface area (TPSA) is 12.0 Å². The number of halogens is 1. The number of allylic oxidation sites excluding steroid dienone is 3. The SMILES string of the molecule is C=C1NC=C(F)C=C1C(C)C. The summed E-state index contributed by atoms with van der Waals surface area (Å²) < 4.78 is 12.6. The lowest BCUT2D eigenvalue weighted by molar-refractivity contribution is 0.637. The van der Waals surface area contributed by atoms with Crippen LogP contribution >= 0.6 is 0 Å². The highest BCUT2D eigenvalue weighted by Gasteiger charge is 2.11. The summed E-state index contributed by atoms with van der Waals surface area (Å²) in [5.74, 6) is 0.0792. The molecule has 1 aliphatic heterocycles. The van der Waals surface area contributed by atoms with E-state index in [1.54, 1.807) is 0 Å². The van der Waals surface area contributed by atoms with Crippen molar-refractivity contribution in [2.24, 2.45) is 5.92 Å². The molecule has 0 unspecified atom stereocenters. The highest BCUT2D eigenvalue weighted by molar-refractivity contribution is 5.38. The first kappa shape index (κ1) is 8.05. The van der Waals surface area contributed by atoms with Crippen molar-refractivity contribution in [3.63, 3.8) is 0 Å². The summed E-state index contributed by atoms with van der Waals surface area (Å²) in [7, 11) is 0. The Balaban J connectivity index is 2.90. The minimum Gasteiger partial charge on any atom is -0.359 e. The molecule has 0 saturated carbocycles. The quantitative estimate of drug-likeness (QED) is 0.610. The van der Waals surface area contributed by atoms with Gasteiger partial charge in [0.1, 0.15) is 5.83 Å². The molecule has 0 aromatic carbocycles. The van der Waals surface area contributed by atoms with Crippen LogP contribution in [0.1, 0.15) is 13.8 Å². The summed E-state index contributed by atoms with van der Waals surface area (Å²) in [6, 6.07) is 0. The van der Waals surface area contributed by atoms with E-state index in [1.165, 1.54) is 12.3 Å². The molecule has 0 aromatic heterocycles. The van der Waals surface area contributed by atoms with Gasteiger partial charge in [-0.2, -0.15) is 0 Å². The third-order valence-corrected chi connectivity index (χ3v) is 1.65. The van der Waals surface area contributed by atoms with Crippen LogP contribution < -0.4 is 5.32 Å². The molecular formula is C9H12FN. The predicted octanol–water partition coefficient (Wildman–Crippen LogP) is 2.50. The van der Waals surface area contributed by atoms with Crippen molar-refractivity contribution in [1.29, 1.82) is 0 Å². The van der Waals surface area contributed by atoms with Crippen LogP contribution in [0.15, 0.2) is 36.0 Å². The molecule has 1 N–H and O–H groups in total. The lowest BCUT2D eigenvalue weighted by Gasteiger charge is -2.17. The van der Waals surface area contributed by atoms with Gasteiger partial charge in [0.25, 0.3) is 0 Å². The Morgan fingerprint density at radius 3 is 2.64 bits per heavy atom. The van der Waals surface area contributed by atoms with E-state index in [0.29, 0.717) is 5.92 Å². The third kappa shape index (κ3) is 1.70. The van der Waals surface area contributed by atoms with Crippen molar-refractivity contribution >= 4 is 0 Å². The number of hydrogen-bond acceptors (Lipinski definition) is 1. The van der Waals surface area contributed by atoms with Gasteiger partial charge in [-0.15, -0.1) is 0 Å². The Morgan fingerprint density at radius 1 is 1.55 bits per heavy atom. The van der Waals surface area contributed by atoms with Gasteiger partial charge in [0.2, 0.25) is 0 Å². The van der Waals surface area contributed by atoms with Gasteiger partial charge in [-0.05, 0) is 17.6 Å². The van der Waals surface area contributed by atoms with Crippen LogP contribution in [0.2, 0.25) is 0 Å². The largest absolute Gasteiger partial charge is 0.359 e. The lowest BCUT2D eigenvalue weighted by atomic mass is 9.99. The van der Waals surface area contributed by atoms with E-state index in [4.69, 9.17) is 0 Å². The molecule has 1 nitrogen and oxygen atoms in total. The van der Waals surface area contributed by atoms with Crippen LogP contribution in [0, 0.1) is 5.92 Å². The zero-order chi connectivity index (χ0) is 8.43. The van der Waals surface area contributed by atoms with Crippen molar-refractivity contribution < 1.29 is 4.39 Å². The van der Waals surface area contributed by atoms with E-state index >= 15 is 0 Å². The van der Waals surface area contributed by atoms with Gasteiger partial charge in [-0.25, -0.2) is 4.39 Å². The molecule has 0 fully saturated rings. The Labute approximate surface area is 66.3 Å². The molecule has 0 bridgehead atoms. The average Bonchev–Trinajstić information content (AvgIpc) is 1.94. The molecule has 11 heavy (non-hydrogen) atoms. The van der Waals surface area contributed by atoms with E-state index in [-0.39, 0.29) is 5.83 Å². The van der Waals surface area contributed by atoms with Crippen molar-refractivity contribution in [3.05, 3.63) is 36.0 Å². The minimum absolute atomic E-state index is 0.235. The van der Waals surface area contributed by atoms with E-state index in [0.717, 1.165) is 11.3 Å². The van der Waals surface area contributed by atoms with Crippen LogP contribution in [0.5, 0.6) is 0 Å². The van der Waals surface area contributed by atoms with Crippen LogP contribution in [-0.2, 0) is 0 Å². The maximum atomic E-state index is 12.6. The summed E-state index contributed by atoms with van der Waals surface area (Å²) in [6.07, 6.45) is 2.83. The molecule has 0 saturated heterocycles. The first-order chi connectivity index (χ1) is 5.11. The van der Waals surface area contributed by atoms with Crippen LogP contribution in [0.3, 0.4) is 0 Å². The Bertz CT molecular complexity index is 236. The zero-order valence-corrected chi connectivity index (χ0v) is 6.82. The molecule has 60 valence electrons. The Morgan fingerprint density at radius 2 is 2.18 bits per heavy atom. The first-order valence-electron chi connectivity index (χ1n) is 3.64. The van der Waals surface area contributed by atoms with Crippen LogP contribution in [0.25, 0.3) is 0 Å². The van der Waals surface area contributed by atoms with E-state index < -0.39 is 0 Å². The molecular weight excluding hydrogens is 141 g/mol. The fraction of sp³-hybridized carbons (Fsp3) is 0.333. The summed E-state index contributed by atoms with van der Waals surface area (Å²) in [5.41, 5.74) is 1.73. The maximum Gasteiger partial charge on any atom is 0.139 e. The summed E-state index contributed by atoms with van der Waals surface area (Å²) >= 11 is 0. The fourth-order valence-corrected chi connectivity index (χ4v) is 1.03. The van der Waals surface area contributed by atoms with Gasteiger partial charge in [0.05, 0.1) is 0 Å². The standard InChI is InChI=1S/C9H12FN/c1-6(2)9-4-8(10)5-11-7(9)3/h4-6,11H,3H2,1-2H3. The van der Waals surface area contributed by atoms with Gasteiger partial charge in [0, 0.05) is 11.9 Å². The van der Waals surface area contributed by atoms with Gasteiger partial charge in [-0.3, -0.25) is 0 Å². The zero-order valence-electron chi connectivity index (χ0n) is 6.82. The summed E-state index contributed by atoms with van der Waals surface area (Å²) in [6.45, 7) is 7.78. The minimum atomic E-state index is -0.235. The number of nitrogens with one attached hydrogen (secondary N) is 1. The molecule has 0 aromatic rings. The smallest absolute Gasteiger partial charge is 0.139 e. The van der Waals surface area contributed by atoms with Gasteiger partial charge >= 0.3 is 0 Å². The Kier molecular flexibility index (Phi) is 2.13. The van der Waals surface area contributed by atoms with Crippen molar-refractivity contribution in [1.82, 2.24) is 5.32 Å². The second kappa shape index (κ2) is 2.91. The second-order valence-corrected chi connectivity index (χ2v) is 2.91. The first-order valence-corrected chi connectivity index (χ1v) is 3.64. The molecule has 0 aliphatic carbocycles. The normalized spacial score (nSPS) is 17.6. The van der Waals surface area contributed by atoms with E-state index in [2.05, 4.69) is 11.9 Å².